The molecule has 1 fully saturated rings. The van der Waals surface area contributed by atoms with Crippen molar-refractivity contribution in [2.45, 2.75) is 4.71 Å². The predicted molar refractivity (Wildman–Crippen MR) is 74.5 cm³/mol. The normalized spacial score (nSPS) is 23.2. The lowest BCUT2D eigenvalue weighted by Gasteiger charge is -2.02. The second kappa shape index (κ2) is 5.61. The molecule has 1 unspecified atom stereocenters. The largest absolute Gasteiger partial charge is 0.361 e. The fourth-order valence-corrected chi connectivity index (χ4v) is 3.38. The molecule has 16 heavy (non-hydrogen) atoms. The molecule has 0 amide bonds. The van der Waals surface area contributed by atoms with E-state index in [0.717, 1.165) is 0 Å². The number of thioether (sulfide) groups is 2. The summed E-state index contributed by atoms with van der Waals surface area (Å²) in [5, 5.41) is 5.31. The second-order valence-electron chi connectivity index (χ2n) is 3.07. The Hall–Kier alpha value is -0.650. The van der Waals surface area contributed by atoms with E-state index in [1.54, 1.807) is 23.1 Å². The number of carbonyl (C=O) groups excluding carboxylic acids is 1. The summed E-state index contributed by atoms with van der Waals surface area (Å²) in [4.78, 5) is 12.7. The highest BCUT2D eigenvalue weighted by Gasteiger charge is 2.25. The van der Waals surface area contributed by atoms with Crippen LogP contribution in [0, 0.1) is 0 Å². The molecule has 84 valence electrons. The third-order valence-corrected chi connectivity index (χ3v) is 5.00. The van der Waals surface area contributed by atoms with E-state index >= 15 is 0 Å². The Bertz CT molecular complexity index is 422. The highest BCUT2D eigenvalue weighted by Crippen LogP contribution is 2.29. The lowest BCUT2D eigenvalue weighted by molar-refractivity contribution is -0.107. The fourth-order valence-electron chi connectivity index (χ4n) is 1.22. The maximum absolute atomic E-state index is 11.5. The molecule has 1 aromatic heterocycles. The number of nitrogens with one attached hydrogen (secondary N) is 1. The average Bonchev–Trinajstić information content (AvgIpc) is 2.89. The van der Waals surface area contributed by atoms with E-state index in [4.69, 9.17) is 0 Å². The first kappa shape index (κ1) is 11.8. The van der Waals surface area contributed by atoms with Crippen LogP contribution < -0.4 is 5.32 Å². The maximum Gasteiger partial charge on any atom is 0.238 e. The summed E-state index contributed by atoms with van der Waals surface area (Å²) in [5.41, 5.74) is 0.692. The summed E-state index contributed by atoms with van der Waals surface area (Å²) >= 11 is 4.65. The van der Waals surface area contributed by atoms with Gasteiger partial charge in [0.25, 0.3) is 0 Å². The number of hydrogen-bond acceptors (Lipinski definition) is 5. The van der Waals surface area contributed by atoms with Gasteiger partial charge in [0.15, 0.2) is 0 Å². The highest BCUT2D eigenvalue weighted by molar-refractivity contribution is 8.25. The number of hydrogen-bond donors (Lipinski definition) is 1. The first-order valence-electron chi connectivity index (χ1n) is 4.72. The van der Waals surface area contributed by atoms with E-state index in [0.29, 0.717) is 5.70 Å². The van der Waals surface area contributed by atoms with Gasteiger partial charge in [-0.2, -0.15) is 0 Å². The molecule has 1 aliphatic rings. The Morgan fingerprint density at radius 2 is 2.44 bits per heavy atom. The van der Waals surface area contributed by atoms with Crippen molar-refractivity contribution < 1.29 is 4.79 Å². The molecule has 1 N–H and O–H groups in total. The van der Waals surface area contributed by atoms with Gasteiger partial charge in [-0.05, 0) is 41.6 Å². The fraction of sp³-hybridized carbons (Fsp3) is 0.182. The molecule has 1 saturated heterocycles. The van der Waals surface area contributed by atoms with Crippen LogP contribution in [0.5, 0.6) is 0 Å². The van der Waals surface area contributed by atoms with Crippen LogP contribution in [-0.4, -0.2) is 16.1 Å². The number of rotatable bonds is 3. The van der Waals surface area contributed by atoms with Crippen molar-refractivity contribution in [1.82, 2.24) is 5.32 Å². The monoisotopic (exact) mass is 269 g/mol. The Kier molecular flexibility index (Phi) is 4.15. The molecule has 0 aliphatic carbocycles. The van der Waals surface area contributed by atoms with E-state index < -0.39 is 0 Å². The van der Waals surface area contributed by atoms with Gasteiger partial charge >= 0.3 is 0 Å². The summed E-state index contributed by atoms with van der Waals surface area (Å²) < 4.78 is 0.161. The van der Waals surface area contributed by atoms with Gasteiger partial charge in [-0.25, -0.2) is 0 Å². The van der Waals surface area contributed by atoms with E-state index in [9.17, 15) is 4.79 Å². The number of allylic oxidation sites excluding steroid dienone is 2. The van der Waals surface area contributed by atoms with Crippen LogP contribution in [0.3, 0.4) is 0 Å². The van der Waals surface area contributed by atoms with E-state index in [1.165, 1.54) is 16.6 Å². The van der Waals surface area contributed by atoms with Gasteiger partial charge in [-0.15, -0.1) is 23.1 Å². The summed E-state index contributed by atoms with van der Waals surface area (Å²) in [7, 11) is 0. The molecule has 2 nitrogen and oxygen atoms in total. The molecule has 1 atom stereocenters. The molecule has 1 aromatic rings. The zero-order chi connectivity index (χ0) is 11.4. The third-order valence-electron chi connectivity index (χ3n) is 1.99. The van der Waals surface area contributed by atoms with Gasteiger partial charge in [-0.1, -0.05) is 12.1 Å². The van der Waals surface area contributed by atoms with Gasteiger partial charge in [0.05, 0.1) is 5.70 Å². The van der Waals surface area contributed by atoms with Crippen LogP contribution >= 0.6 is 34.9 Å². The van der Waals surface area contributed by atoms with Crippen LogP contribution in [0.15, 0.2) is 35.4 Å². The molecule has 2 heterocycles. The lowest BCUT2D eigenvalue weighted by atomic mass is 10.3. The van der Waals surface area contributed by atoms with Crippen LogP contribution in [0.2, 0.25) is 0 Å². The zero-order valence-electron chi connectivity index (χ0n) is 8.67. The highest BCUT2D eigenvalue weighted by atomic mass is 32.2. The van der Waals surface area contributed by atoms with Crippen LogP contribution in [0.4, 0.5) is 0 Å². The van der Waals surface area contributed by atoms with E-state index in [1.807, 2.05) is 42.0 Å². The van der Waals surface area contributed by atoms with Crippen LogP contribution in [0.25, 0.3) is 6.08 Å². The van der Waals surface area contributed by atoms with Crippen molar-refractivity contribution >= 4 is 46.1 Å². The van der Waals surface area contributed by atoms with Crippen molar-refractivity contribution in [1.29, 1.82) is 0 Å². The van der Waals surface area contributed by atoms with Gasteiger partial charge in [0.2, 0.25) is 5.12 Å². The van der Waals surface area contributed by atoms with Crippen molar-refractivity contribution in [3.05, 3.63) is 40.2 Å². The molecule has 1 aliphatic heterocycles. The summed E-state index contributed by atoms with van der Waals surface area (Å²) in [6, 6.07) is 4.05. The number of thiophene rings is 1. The van der Waals surface area contributed by atoms with Crippen molar-refractivity contribution in [3.63, 3.8) is 0 Å². The summed E-state index contributed by atoms with van der Waals surface area (Å²) in [5.74, 6) is 0. The molecule has 0 saturated carbocycles. The molecule has 0 radical (unpaired) electrons. The topological polar surface area (TPSA) is 29.1 Å². The zero-order valence-corrected chi connectivity index (χ0v) is 11.1. The third kappa shape index (κ3) is 2.93. The van der Waals surface area contributed by atoms with Crippen molar-refractivity contribution in [3.8, 4) is 0 Å². The molecule has 0 bridgehead atoms. The van der Waals surface area contributed by atoms with Gasteiger partial charge in [-0.3, -0.25) is 4.79 Å². The molecule has 5 heteroatoms. The maximum atomic E-state index is 11.5. The SMILES string of the molecule is CSC1N/C(=C\C=C\c2cccs2)C(=O)S1. The van der Waals surface area contributed by atoms with Crippen LogP contribution in [0.1, 0.15) is 4.88 Å². The minimum atomic E-state index is 0.121. The first-order chi connectivity index (χ1) is 7.79. The summed E-state index contributed by atoms with van der Waals surface area (Å²) in [6.07, 6.45) is 7.74. The Labute approximate surface area is 107 Å². The standard InChI is InChI=1S/C11H11NOS3/c1-14-11-12-9(10(13)16-11)6-2-4-8-5-3-7-15-8/h2-7,11-12H,1H3/b4-2+,9-6-. The van der Waals surface area contributed by atoms with Gasteiger partial charge in [0, 0.05) is 4.88 Å². The summed E-state index contributed by atoms with van der Waals surface area (Å²) in [6.45, 7) is 0. The Morgan fingerprint density at radius 1 is 1.56 bits per heavy atom. The Morgan fingerprint density at radius 3 is 3.06 bits per heavy atom. The van der Waals surface area contributed by atoms with E-state index in [2.05, 4.69) is 5.32 Å². The quantitative estimate of drug-likeness (QED) is 0.854. The Balaban J connectivity index is 2.00. The smallest absolute Gasteiger partial charge is 0.238 e. The average molecular weight is 269 g/mol. The van der Waals surface area contributed by atoms with Gasteiger partial charge in [0.1, 0.15) is 4.71 Å². The van der Waals surface area contributed by atoms with Gasteiger partial charge < -0.3 is 5.32 Å². The number of carbonyl (C=O) groups is 1. The molecule has 2 rings (SSSR count). The van der Waals surface area contributed by atoms with E-state index in [-0.39, 0.29) is 9.82 Å². The first-order valence-corrected chi connectivity index (χ1v) is 7.76. The van der Waals surface area contributed by atoms with Crippen molar-refractivity contribution in [2.75, 3.05) is 6.26 Å². The second-order valence-corrected chi connectivity index (χ2v) is 6.37. The van der Waals surface area contributed by atoms with Crippen molar-refractivity contribution in [2.24, 2.45) is 0 Å². The molecule has 0 aromatic carbocycles. The molecular weight excluding hydrogens is 258 g/mol. The predicted octanol–water partition coefficient (Wildman–Crippen LogP) is 3.15. The van der Waals surface area contributed by atoms with Crippen LogP contribution in [-0.2, 0) is 4.79 Å². The lowest BCUT2D eigenvalue weighted by Crippen LogP contribution is -2.14. The minimum Gasteiger partial charge on any atom is -0.361 e. The minimum absolute atomic E-state index is 0.121. The molecular formula is C11H11NOS3. The molecule has 0 spiro atoms.